The number of aromatic nitrogens is 1. The van der Waals surface area contributed by atoms with Crippen LogP contribution in [0.2, 0.25) is 10.3 Å². The SMILES string of the molecule is O=C(NCC1CCCCO1)c1cc(Cl)nc(Cl)c1. The first-order valence-electron chi connectivity index (χ1n) is 5.88. The van der Waals surface area contributed by atoms with Crippen LogP contribution in [0.15, 0.2) is 12.1 Å². The summed E-state index contributed by atoms with van der Waals surface area (Å²) in [5, 5.41) is 3.23. The average molecular weight is 289 g/mol. The maximum atomic E-state index is 11.9. The van der Waals surface area contributed by atoms with E-state index in [1.165, 1.54) is 12.1 Å². The Bertz CT molecular complexity index is 414. The van der Waals surface area contributed by atoms with Gasteiger partial charge in [-0.15, -0.1) is 0 Å². The number of halogens is 2. The zero-order valence-corrected chi connectivity index (χ0v) is 11.3. The van der Waals surface area contributed by atoms with E-state index in [9.17, 15) is 4.79 Å². The molecule has 0 aromatic carbocycles. The Morgan fingerprint density at radius 3 is 2.72 bits per heavy atom. The van der Waals surface area contributed by atoms with E-state index in [1.807, 2.05) is 0 Å². The molecule has 2 heterocycles. The molecule has 6 heteroatoms. The Morgan fingerprint density at radius 1 is 1.39 bits per heavy atom. The van der Waals surface area contributed by atoms with Crippen molar-refractivity contribution in [2.75, 3.05) is 13.2 Å². The topological polar surface area (TPSA) is 51.2 Å². The number of nitrogens with one attached hydrogen (secondary N) is 1. The molecule has 2 rings (SSSR count). The van der Waals surface area contributed by atoms with E-state index in [1.54, 1.807) is 0 Å². The number of amides is 1. The molecule has 98 valence electrons. The Balaban J connectivity index is 1.90. The van der Waals surface area contributed by atoms with Crippen LogP contribution in [0.3, 0.4) is 0 Å². The molecule has 1 aliphatic heterocycles. The molecule has 1 aliphatic rings. The van der Waals surface area contributed by atoms with Gasteiger partial charge in [0, 0.05) is 18.7 Å². The molecule has 1 aromatic rings. The van der Waals surface area contributed by atoms with Gasteiger partial charge in [0.05, 0.1) is 6.10 Å². The summed E-state index contributed by atoms with van der Waals surface area (Å²) in [4.78, 5) is 15.7. The molecule has 1 unspecified atom stereocenters. The normalized spacial score (nSPS) is 19.6. The lowest BCUT2D eigenvalue weighted by Gasteiger charge is -2.22. The molecule has 1 fully saturated rings. The first kappa shape index (κ1) is 13.6. The average Bonchev–Trinajstić information content (AvgIpc) is 2.36. The number of nitrogens with zero attached hydrogens (tertiary/aromatic N) is 1. The second-order valence-electron chi connectivity index (χ2n) is 4.20. The highest BCUT2D eigenvalue weighted by Gasteiger charge is 2.15. The maximum absolute atomic E-state index is 11.9. The molecule has 1 N–H and O–H groups in total. The number of hydrogen-bond acceptors (Lipinski definition) is 3. The van der Waals surface area contributed by atoms with Gasteiger partial charge in [0.2, 0.25) is 0 Å². The molecule has 0 radical (unpaired) electrons. The Morgan fingerprint density at radius 2 is 2.11 bits per heavy atom. The summed E-state index contributed by atoms with van der Waals surface area (Å²) in [6, 6.07) is 2.98. The minimum atomic E-state index is -0.213. The van der Waals surface area contributed by atoms with Crippen LogP contribution in [0, 0.1) is 0 Å². The Labute approximate surface area is 116 Å². The first-order chi connectivity index (χ1) is 8.65. The van der Waals surface area contributed by atoms with Gasteiger partial charge in [0.25, 0.3) is 5.91 Å². The first-order valence-corrected chi connectivity index (χ1v) is 6.63. The predicted octanol–water partition coefficient (Wildman–Crippen LogP) is 2.69. The molecule has 0 saturated carbocycles. The molecule has 0 bridgehead atoms. The molecule has 1 aromatic heterocycles. The molecule has 1 saturated heterocycles. The van der Waals surface area contributed by atoms with Gasteiger partial charge in [-0.3, -0.25) is 4.79 Å². The van der Waals surface area contributed by atoms with E-state index >= 15 is 0 Å². The van der Waals surface area contributed by atoms with Gasteiger partial charge in [-0.2, -0.15) is 0 Å². The predicted molar refractivity (Wildman–Crippen MR) is 70.2 cm³/mol. The Kier molecular flexibility index (Phi) is 4.80. The quantitative estimate of drug-likeness (QED) is 0.870. The van der Waals surface area contributed by atoms with Crippen molar-refractivity contribution >= 4 is 29.1 Å². The van der Waals surface area contributed by atoms with Crippen LogP contribution in [-0.4, -0.2) is 30.1 Å². The third kappa shape index (κ3) is 3.83. The lowest BCUT2D eigenvalue weighted by atomic mass is 10.1. The number of pyridine rings is 1. The molecule has 0 spiro atoms. The standard InChI is InChI=1S/C12H14Cl2N2O2/c13-10-5-8(6-11(14)16-10)12(17)15-7-9-3-1-2-4-18-9/h5-6,9H,1-4,7H2,(H,15,17). The van der Waals surface area contributed by atoms with Gasteiger partial charge in [-0.1, -0.05) is 23.2 Å². The van der Waals surface area contributed by atoms with Gasteiger partial charge in [-0.05, 0) is 31.4 Å². The summed E-state index contributed by atoms with van der Waals surface area (Å²) in [6.45, 7) is 1.28. The van der Waals surface area contributed by atoms with Gasteiger partial charge in [0.15, 0.2) is 0 Å². The zero-order valence-electron chi connectivity index (χ0n) is 9.79. The van der Waals surface area contributed by atoms with Crippen LogP contribution < -0.4 is 5.32 Å². The Hall–Kier alpha value is -0.840. The minimum Gasteiger partial charge on any atom is -0.376 e. The molecule has 1 atom stereocenters. The molecular weight excluding hydrogens is 275 g/mol. The highest BCUT2D eigenvalue weighted by atomic mass is 35.5. The second kappa shape index (κ2) is 6.36. The van der Waals surface area contributed by atoms with Gasteiger partial charge < -0.3 is 10.1 Å². The van der Waals surface area contributed by atoms with Crippen LogP contribution in [-0.2, 0) is 4.74 Å². The van der Waals surface area contributed by atoms with Crippen LogP contribution >= 0.6 is 23.2 Å². The van der Waals surface area contributed by atoms with Crippen molar-refractivity contribution < 1.29 is 9.53 Å². The van der Waals surface area contributed by atoms with Gasteiger partial charge >= 0.3 is 0 Å². The van der Waals surface area contributed by atoms with E-state index in [2.05, 4.69) is 10.3 Å². The fourth-order valence-corrected chi connectivity index (χ4v) is 2.33. The van der Waals surface area contributed by atoms with Crippen LogP contribution in [0.4, 0.5) is 0 Å². The highest BCUT2D eigenvalue weighted by Crippen LogP contribution is 2.15. The summed E-state index contributed by atoms with van der Waals surface area (Å²) in [5.41, 5.74) is 0.413. The van der Waals surface area contributed by atoms with Crippen molar-refractivity contribution in [1.82, 2.24) is 10.3 Å². The van der Waals surface area contributed by atoms with Crippen LogP contribution in [0.1, 0.15) is 29.6 Å². The number of hydrogen-bond donors (Lipinski definition) is 1. The van der Waals surface area contributed by atoms with E-state index in [0.717, 1.165) is 25.9 Å². The van der Waals surface area contributed by atoms with Gasteiger partial charge in [0.1, 0.15) is 10.3 Å². The lowest BCUT2D eigenvalue weighted by molar-refractivity contribution is 0.0169. The fourth-order valence-electron chi connectivity index (χ4n) is 1.87. The van der Waals surface area contributed by atoms with Crippen molar-refractivity contribution in [2.24, 2.45) is 0 Å². The smallest absolute Gasteiger partial charge is 0.251 e. The van der Waals surface area contributed by atoms with E-state index in [4.69, 9.17) is 27.9 Å². The van der Waals surface area contributed by atoms with E-state index in [0.29, 0.717) is 12.1 Å². The molecule has 18 heavy (non-hydrogen) atoms. The minimum absolute atomic E-state index is 0.107. The van der Waals surface area contributed by atoms with Crippen molar-refractivity contribution in [2.45, 2.75) is 25.4 Å². The second-order valence-corrected chi connectivity index (χ2v) is 4.97. The summed E-state index contributed by atoms with van der Waals surface area (Å²) >= 11 is 11.5. The monoisotopic (exact) mass is 288 g/mol. The number of carbonyl (C=O) groups excluding carboxylic acids is 1. The van der Waals surface area contributed by atoms with Crippen molar-refractivity contribution in [3.63, 3.8) is 0 Å². The summed E-state index contributed by atoms with van der Waals surface area (Å²) in [6.07, 6.45) is 3.33. The van der Waals surface area contributed by atoms with Gasteiger partial charge in [-0.25, -0.2) is 4.98 Å². The summed E-state index contributed by atoms with van der Waals surface area (Å²) in [7, 11) is 0. The van der Waals surface area contributed by atoms with Crippen LogP contribution in [0.5, 0.6) is 0 Å². The molecule has 0 aliphatic carbocycles. The van der Waals surface area contributed by atoms with Crippen molar-refractivity contribution in [3.8, 4) is 0 Å². The zero-order chi connectivity index (χ0) is 13.0. The van der Waals surface area contributed by atoms with E-state index in [-0.39, 0.29) is 22.3 Å². The molecule has 1 amide bonds. The highest BCUT2D eigenvalue weighted by molar-refractivity contribution is 6.33. The maximum Gasteiger partial charge on any atom is 0.251 e. The number of rotatable bonds is 3. The van der Waals surface area contributed by atoms with Crippen LogP contribution in [0.25, 0.3) is 0 Å². The lowest BCUT2D eigenvalue weighted by Crippen LogP contribution is -2.35. The fraction of sp³-hybridized carbons (Fsp3) is 0.500. The van der Waals surface area contributed by atoms with Crippen molar-refractivity contribution in [1.29, 1.82) is 0 Å². The largest absolute Gasteiger partial charge is 0.376 e. The van der Waals surface area contributed by atoms with Crippen molar-refractivity contribution in [3.05, 3.63) is 28.0 Å². The summed E-state index contributed by atoms with van der Waals surface area (Å²) < 4.78 is 5.53. The number of carbonyl (C=O) groups is 1. The van der Waals surface area contributed by atoms with E-state index < -0.39 is 0 Å². The third-order valence-corrected chi connectivity index (χ3v) is 3.18. The summed E-state index contributed by atoms with van der Waals surface area (Å²) in [5.74, 6) is -0.213. The molecular formula is C12H14Cl2N2O2. The molecule has 4 nitrogen and oxygen atoms in total. The third-order valence-electron chi connectivity index (χ3n) is 2.79. The number of ether oxygens (including phenoxy) is 1.